The molecule has 0 unspecified atom stereocenters. The van der Waals surface area contributed by atoms with Gasteiger partial charge < -0.3 is 5.32 Å². The number of aromatic nitrogens is 4. The Morgan fingerprint density at radius 1 is 1.22 bits per heavy atom. The van der Waals surface area contributed by atoms with Gasteiger partial charge in [0.15, 0.2) is 11.5 Å². The lowest BCUT2D eigenvalue weighted by Crippen LogP contribution is -2.17. The van der Waals surface area contributed by atoms with Gasteiger partial charge in [-0.1, -0.05) is 24.3 Å². The van der Waals surface area contributed by atoms with Crippen molar-refractivity contribution >= 4 is 27.7 Å². The lowest BCUT2D eigenvalue weighted by molar-refractivity contribution is -0.142. The second-order valence-electron chi connectivity index (χ2n) is 5.91. The van der Waals surface area contributed by atoms with Crippen LogP contribution in [0.15, 0.2) is 41.0 Å². The molecule has 1 N–H and O–H groups in total. The summed E-state index contributed by atoms with van der Waals surface area (Å²) in [6.07, 6.45) is -2.98. The Bertz CT molecular complexity index is 993. The summed E-state index contributed by atoms with van der Waals surface area (Å²) in [5.74, 6) is -0.510. The molecule has 0 saturated carbocycles. The molecule has 2 aromatic heterocycles. The summed E-state index contributed by atoms with van der Waals surface area (Å²) in [5, 5.41) is 10.1. The molecule has 0 spiro atoms. The lowest BCUT2D eigenvalue weighted by atomic mass is 10.1. The van der Waals surface area contributed by atoms with Crippen LogP contribution < -0.4 is 5.32 Å². The zero-order valence-electron chi connectivity index (χ0n) is 14.4. The number of halogens is 4. The second-order valence-corrected chi connectivity index (χ2v) is 6.70. The summed E-state index contributed by atoms with van der Waals surface area (Å²) >= 11 is 2.82. The topological polar surface area (TPSA) is 64.7 Å². The zero-order chi connectivity index (χ0) is 19.8. The Balaban J connectivity index is 1.77. The summed E-state index contributed by atoms with van der Waals surface area (Å²) in [7, 11) is 1.27. The molecule has 27 heavy (non-hydrogen) atoms. The minimum atomic E-state index is -4.66. The molecule has 0 fully saturated rings. The summed E-state index contributed by atoms with van der Waals surface area (Å²) < 4.78 is 40.9. The number of amides is 1. The third kappa shape index (κ3) is 4.05. The number of anilines is 1. The summed E-state index contributed by atoms with van der Waals surface area (Å²) in [4.78, 5) is 12.4. The first-order valence-corrected chi connectivity index (χ1v) is 8.65. The van der Waals surface area contributed by atoms with Crippen LogP contribution in [0.25, 0.3) is 0 Å². The van der Waals surface area contributed by atoms with Crippen molar-refractivity contribution in [2.45, 2.75) is 19.6 Å². The number of aryl methyl sites for hydroxylation is 2. The quantitative estimate of drug-likeness (QED) is 0.665. The number of nitrogens with one attached hydrogen (secondary N) is 1. The van der Waals surface area contributed by atoms with E-state index in [1.54, 1.807) is 16.9 Å². The van der Waals surface area contributed by atoms with Gasteiger partial charge in [0.05, 0.1) is 11.0 Å². The number of hydrogen-bond acceptors (Lipinski definition) is 3. The minimum Gasteiger partial charge on any atom is -0.304 e. The highest BCUT2D eigenvalue weighted by Crippen LogP contribution is 2.35. The highest BCUT2D eigenvalue weighted by molar-refractivity contribution is 9.10. The Morgan fingerprint density at radius 3 is 2.56 bits per heavy atom. The van der Waals surface area contributed by atoms with Gasteiger partial charge in [-0.05, 0) is 34.0 Å². The van der Waals surface area contributed by atoms with Crippen LogP contribution in [0, 0.1) is 6.92 Å². The summed E-state index contributed by atoms with van der Waals surface area (Å²) in [6.45, 7) is 2.50. The fourth-order valence-electron chi connectivity index (χ4n) is 2.58. The molecule has 6 nitrogen and oxygen atoms in total. The zero-order valence-corrected chi connectivity index (χ0v) is 16.0. The van der Waals surface area contributed by atoms with E-state index in [4.69, 9.17) is 0 Å². The molecule has 1 aromatic carbocycles. The molecule has 10 heteroatoms. The lowest BCUT2D eigenvalue weighted by Gasteiger charge is -2.06. The number of hydrogen-bond donors (Lipinski definition) is 1. The van der Waals surface area contributed by atoms with Crippen molar-refractivity contribution in [3.05, 3.63) is 63.5 Å². The monoisotopic (exact) mass is 441 g/mol. The van der Waals surface area contributed by atoms with Crippen molar-refractivity contribution in [3.8, 4) is 0 Å². The number of rotatable bonds is 4. The van der Waals surface area contributed by atoms with Gasteiger partial charge in [0.25, 0.3) is 5.91 Å². The molecule has 142 valence electrons. The van der Waals surface area contributed by atoms with Crippen molar-refractivity contribution in [3.63, 3.8) is 0 Å². The van der Waals surface area contributed by atoms with Crippen molar-refractivity contribution in [2.24, 2.45) is 7.05 Å². The average molecular weight is 442 g/mol. The van der Waals surface area contributed by atoms with Crippen molar-refractivity contribution < 1.29 is 18.0 Å². The summed E-state index contributed by atoms with van der Waals surface area (Å²) in [6, 6.07) is 9.40. The molecule has 0 atom stereocenters. The minimum absolute atomic E-state index is 0.232. The first-order valence-electron chi connectivity index (χ1n) is 7.86. The van der Waals surface area contributed by atoms with Crippen LogP contribution in [0.1, 0.15) is 27.3 Å². The standard InChI is InChI=1S/C17H15BrF3N5O/c1-10-5-3-4-6-11(10)9-26-8-7-12(23-26)22-16(27)14-13(18)15(17(19,20)21)24-25(14)2/h3-8H,9H2,1-2H3,(H,22,23,27). The van der Waals surface area contributed by atoms with Crippen LogP contribution in [-0.2, 0) is 19.8 Å². The Kier molecular flexibility index (Phi) is 5.09. The Morgan fingerprint density at radius 2 is 1.93 bits per heavy atom. The normalized spacial score (nSPS) is 11.6. The third-order valence-electron chi connectivity index (χ3n) is 3.95. The average Bonchev–Trinajstić information content (AvgIpc) is 3.13. The molecule has 1 amide bonds. The van der Waals surface area contributed by atoms with E-state index in [9.17, 15) is 18.0 Å². The van der Waals surface area contributed by atoms with Gasteiger partial charge in [-0.15, -0.1) is 0 Å². The van der Waals surface area contributed by atoms with Crippen LogP contribution >= 0.6 is 15.9 Å². The fraction of sp³-hybridized carbons (Fsp3) is 0.235. The van der Waals surface area contributed by atoms with Crippen LogP contribution in [0.5, 0.6) is 0 Å². The maximum atomic E-state index is 12.9. The van der Waals surface area contributed by atoms with Gasteiger partial charge >= 0.3 is 6.18 Å². The maximum absolute atomic E-state index is 12.9. The van der Waals surface area contributed by atoms with E-state index in [1.807, 2.05) is 31.2 Å². The molecular formula is C17H15BrF3N5O. The smallest absolute Gasteiger partial charge is 0.304 e. The van der Waals surface area contributed by atoms with Crippen LogP contribution in [0.3, 0.4) is 0 Å². The van der Waals surface area contributed by atoms with E-state index in [0.717, 1.165) is 15.8 Å². The Labute approximate surface area is 161 Å². The highest BCUT2D eigenvalue weighted by atomic mass is 79.9. The van der Waals surface area contributed by atoms with Gasteiger partial charge in [-0.25, -0.2) is 0 Å². The first-order chi connectivity index (χ1) is 12.7. The number of alkyl halides is 3. The van der Waals surface area contributed by atoms with E-state index in [1.165, 1.54) is 7.05 Å². The molecule has 2 heterocycles. The molecule has 3 aromatic rings. The molecule has 0 aliphatic heterocycles. The van der Waals surface area contributed by atoms with E-state index >= 15 is 0 Å². The number of benzene rings is 1. The predicted octanol–water partition coefficient (Wildman–Crippen LogP) is 4.01. The fourth-order valence-corrected chi connectivity index (χ4v) is 3.32. The number of carbonyl (C=O) groups is 1. The van der Waals surface area contributed by atoms with Gasteiger partial charge in [-0.2, -0.15) is 23.4 Å². The molecule has 0 radical (unpaired) electrons. The SMILES string of the molecule is Cc1ccccc1Cn1ccc(NC(=O)c2c(Br)c(C(F)(F)F)nn2C)n1. The maximum Gasteiger partial charge on any atom is 0.436 e. The largest absolute Gasteiger partial charge is 0.436 e. The first kappa shape index (κ1) is 19.2. The highest BCUT2D eigenvalue weighted by Gasteiger charge is 2.39. The molecule has 0 saturated heterocycles. The van der Waals surface area contributed by atoms with E-state index < -0.39 is 22.3 Å². The van der Waals surface area contributed by atoms with Gasteiger partial charge in [0.2, 0.25) is 0 Å². The van der Waals surface area contributed by atoms with Gasteiger partial charge in [-0.3, -0.25) is 14.2 Å². The van der Waals surface area contributed by atoms with Crippen LogP contribution in [0.4, 0.5) is 19.0 Å². The van der Waals surface area contributed by atoms with Crippen LogP contribution in [-0.4, -0.2) is 25.5 Å². The molecule has 0 bridgehead atoms. The molecule has 0 aliphatic carbocycles. The molecule has 0 aliphatic rings. The van der Waals surface area contributed by atoms with E-state index in [-0.39, 0.29) is 11.5 Å². The van der Waals surface area contributed by atoms with E-state index in [2.05, 4.69) is 31.4 Å². The summed E-state index contributed by atoms with van der Waals surface area (Å²) in [5.41, 5.74) is 0.788. The molecule has 3 rings (SSSR count). The van der Waals surface area contributed by atoms with Crippen LogP contribution in [0.2, 0.25) is 0 Å². The number of nitrogens with zero attached hydrogens (tertiary/aromatic N) is 4. The van der Waals surface area contributed by atoms with E-state index in [0.29, 0.717) is 6.54 Å². The van der Waals surface area contributed by atoms with Crippen molar-refractivity contribution in [1.29, 1.82) is 0 Å². The van der Waals surface area contributed by atoms with Gasteiger partial charge in [0, 0.05) is 19.3 Å². The van der Waals surface area contributed by atoms with Crippen molar-refractivity contribution in [2.75, 3.05) is 5.32 Å². The predicted molar refractivity (Wildman–Crippen MR) is 96.4 cm³/mol. The second kappa shape index (κ2) is 7.18. The third-order valence-corrected chi connectivity index (χ3v) is 4.70. The number of carbonyl (C=O) groups excluding carboxylic acids is 1. The van der Waals surface area contributed by atoms with Gasteiger partial charge in [0.1, 0.15) is 5.69 Å². The molecular weight excluding hydrogens is 427 g/mol. The Hall–Kier alpha value is -2.62. The van der Waals surface area contributed by atoms with Crippen molar-refractivity contribution in [1.82, 2.24) is 19.6 Å².